The van der Waals surface area contributed by atoms with Crippen LogP contribution in [0, 0.1) is 0 Å². The molecule has 0 spiro atoms. The lowest BCUT2D eigenvalue weighted by molar-refractivity contribution is -0.137. The Hall–Kier alpha value is -3.64. The molecule has 0 aliphatic carbocycles. The van der Waals surface area contributed by atoms with Gasteiger partial charge in [0, 0.05) is 24.8 Å². The van der Waals surface area contributed by atoms with Gasteiger partial charge < -0.3 is 29.7 Å². The molecule has 3 amide bonds. The summed E-state index contributed by atoms with van der Waals surface area (Å²) >= 11 is 0. The van der Waals surface area contributed by atoms with E-state index in [1.54, 1.807) is 24.1 Å². The van der Waals surface area contributed by atoms with Gasteiger partial charge in [-0.2, -0.15) is 13.2 Å². The van der Waals surface area contributed by atoms with Crippen LogP contribution in [0.5, 0.6) is 5.75 Å². The van der Waals surface area contributed by atoms with Gasteiger partial charge in [0.05, 0.1) is 29.4 Å². The molecule has 2 N–H and O–H groups in total. The molecule has 3 atom stereocenters. The zero-order valence-electron chi connectivity index (χ0n) is 22.4. The monoisotopic (exact) mass is 563 g/mol. The largest absolute Gasteiger partial charge is 0.490 e. The average molecular weight is 564 g/mol. The summed E-state index contributed by atoms with van der Waals surface area (Å²) in [6, 6.07) is 8.18. The molecule has 2 aliphatic rings. The van der Waals surface area contributed by atoms with Crippen LogP contribution in [0.4, 0.5) is 18.9 Å². The van der Waals surface area contributed by atoms with E-state index in [0.29, 0.717) is 30.8 Å². The number of benzene rings is 2. The third-order valence-electron chi connectivity index (χ3n) is 6.82. The van der Waals surface area contributed by atoms with Gasteiger partial charge in [0.25, 0.3) is 11.8 Å². The topological polar surface area (TPSA) is 106 Å². The number of carbonyl (C=O) groups is 3. The number of likely N-dealkylation sites (N-methyl/N-ethyl adjacent to an activating group) is 1. The van der Waals surface area contributed by atoms with Crippen LogP contribution < -0.4 is 15.4 Å². The second-order valence-electron chi connectivity index (χ2n) is 10.1. The maximum Gasteiger partial charge on any atom is 0.416 e. The Labute approximate surface area is 229 Å². The summed E-state index contributed by atoms with van der Waals surface area (Å²) in [4.78, 5) is 39.6. The van der Waals surface area contributed by atoms with Gasteiger partial charge in [-0.1, -0.05) is 0 Å². The van der Waals surface area contributed by atoms with Crippen molar-refractivity contribution in [3.63, 3.8) is 0 Å². The van der Waals surface area contributed by atoms with E-state index in [1.165, 1.54) is 6.07 Å². The fourth-order valence-electron chi connectivity index (χ4n) is 4.64. The molecule has 2 heterocycles. The molecular weight excluding hydrogens is 531 g/mol. The first kappa shape index (κ1) is 29.3. The number of hydrogen-bond acceptors (Lipinski definition) is 6. The van der Waals surface area contributed by atoms with Gasteiger partial charge in [-0.05, 0) is 69.2 Å². The molecule has 216 valence electrons. The van der Waals surface area contributed by atoms with Crippen molar-refractivity contribution in [2.45, 2.75) is 57.2 Å². The number of anilines is 1. The Morgan fingerprint density at radius 1 is 1.12 bits per heavy atom. The number of rotatable bonds is 7. The lowest BCUT2D eigenvalue weighted by Gasteiger charge is -2.42. The zero-order chi connectivity index (χ0) is 29.0. The minimum atomic E-state index is -4.50. The maximum atomic E-state index is 13.4. The highest BCUT2D eigenvalue weighted by molar-refractivity contribution is 6.05. The van der Waals surface area contributed by atoms with Crippen molar-refractivity contribution >= 4 is 23.4 Å². The Kier molecular flexibility index (Phi) is 8.99. The van der Waals surface area contributed by atoms with Crippen LogP contribution in [0.2, 0.25) is 0 Å². The Morgan fingerprint density at radius 2 is 1.85 bits per heavy atom. The molecule has 9 nitrogen and oxygen atoms in total. The molecule has 0 saturated carbocycles. The zero-order valence-corrected chi connectivity index (χ0v) is 22.4. The summed E-state index contributed by atoms with van der Waals surface area (Å²) in [6.45, 7) is 4.17. The summed E-state index contributed by atoms with van der Waals surface area (Å²) in [5, 5.41) is 5.44. The van der Waals surface area contributed by atoms with E-state index < -0.39 is 23.8 Å². The number of hydrogen-bond donors (Lipinski definition) is 2. The second kappa shape index (κ2) is 12.3. The van der Waals surface area contributed by atoms with Crippen molar-refractivity contribution in [1.82, 2.24) is 10.2 Å². The van der Waals surface area contributed by atoms with Gasteiger partial charge in [0.1, 0.15) is 25.1 Å². The number of nitrogens with zero attached hydrogens (tertiary/aromatic N) is 1. The molecule has 2 aromatic carbocycles. The van der Waals surface area contributed by atoms with Crippen molar-refractivity contribution in [3.05, 3.63) is 59.2 Å². The average Bonchev–Trinajstić information content (AvgIpc) is 2.92. The van der Waals surface area contributed by atoms with E-state index in [4.69, 9.17) is 14.2 Å². The summed E-state index contributed by atoms with van der Waals surface area (Å²) in [6.07, 6.45) is -3.94. The Bertz CT molecular complexity index is 1230. The standard InChI is InChI=1S/C28H32F3N3O6/c1-16(2)38-15-25(35)32-13-20-9-10-22-24(40-20)14-39-23-11-8-19(12-21(23)27(37)34(22)3)33-26(36)17-4-6-18(7-5-17)28(29,30)31/h4-8,11-12,16,20,22,24H,9-10,13-15H2,1-3H3,(H,32,35)(H,33,36)/t20-,22-,24-/m0/s1. The quantitative estimate of drug-likeness (QED) is 0.530. The van der Waals surface area contributed by atoms with Crippen LogP contribution in [0.1, 0.15) is 53.0 Å². The lowest BCUT2D eigenvalue weighted by Crippen LogP contribution is -2.55. The molecule has 0 aromatic heterocycles. The van der Waals surface area contributed by atoms with Crippen molar-refractivity contribution in [1.29, 1.82) is 0 Å². The Morgan fingerprint density at radius 3 is 2.52 bits per heavy atom. The molecule has 1 saturated heterocycles. The molecule has 0 bridgehead atoms. The van der Waals surface area contributed by atoms with Gasteiger partial charge in [0.2, 0.25) is 5.91 Å². The minimum Gasteiger partial charge on any atom is -0.490 e. The molecular formula is C28H32F3N3O6. The van der Waals surface area contributed by atoms with Crippen LogP contribution in [-0.4, -0.2) is 73.8 Å². The predicted octanol–water partition coefficient (Wildman–Crippen LogP) is 3.88. The van der Waals surface area contributed by atoms with Crippen LogP contribution in [0.25, 0.3) is 0 Å². The van der Waals surface area contributed by atoms with Gasteiger partial charge in [-0.3, -0.25) is 14.4 Å². The minimum absolute atomic E-state index is 0.0274. The molecule has 2 aliphatic heterocycles. The lowest BCUT2D eigenvalue weighted by atomic mass is 9.95. The summed E-state index contributed by atoms with van der Waals surface area (Å²) in [7, 11) is 1.68. The van der Waals surface area contributed by atoms with Crippen LogP contribution in [0.15, 0.2) is 42.5 Å². The van der Waals surface area contributed by atoms with Crippen molar-refractivity contribution in [3.8, 4) is 5.75 Å². The number of amides is 3. The van der Waals surface area contributed by atoms with E-state index in [1.807, 2.05) is 13.8 Å². The van der Waals surface area contributed by atoms with E-state index in [0.717, 1.165) is 24.3 Å². The normalized spacial score (nSPS) is 21.0. The van der Waals surface area contributed by atoms with Crippen LogP contribution in [0.3, 0.4) is 0 Å². The predicted molar refractivity (Wildman–Crippen MR) is 139 cm³/mol. The summed E-state index contributed by atoms with van der Waals surface area (Å²) < 4.78 is 55.9. The Balaban J connectivity index is 1.40. The van der Waals surface area contributed by atoms with Crippen molar-refractivity contribution in [2.24, 2.45) is 0 Å². The molecule has 4 rings (SSSR count). The van der Waals surface area contributed by atoms with E-state index >= 15 is 0 Å². The first-order chi connectivity index (χ1) is 18.9. The summed E-state index contributed by atoms with van der Waals surface area (Å²) in [5.74, 6) is -0.851. The highest BCUT2D eigenvalue weighted by Crippen LogP contribution is 2.32. The molecule has 12 heteroatoms. The van der Waals surface area contributed by atoms with Crippen LogP contribution in [-0.2, 0) is 20.4 Å². The fourth-order valence-corrected chi connectivity index (χ4v) is 4.64. The smallest absolute Gasteiger partial charge is 0.416 e. The summed E-state index contributed by atoms with van der Waals surface area (Å²) in [5.41, 5.74) is -0.276. The third-order valence-corrected chi connectivity index (χ3v) is 6.82. The van der Waals surface area contributed by atoms with Crippen molar-refractivity contribution < 1.29 is 41.8 Å². The number of nitrogens with one attached hydrogen (secondary N) is 2. The SMILES string of the molecule is CC(C)OCC(=O)NC[C@@H]1CC[C@H]2[C@H](COc3ccc(NC(=O)c4ccc(C(F)(F)F)cc4)cc3C(=O)N2C)O1. The van der Waals surface area contributed by atoms with Gasteiger partial charge in [-0.25, -0.2) is 0 Å². The maximum absolute atomic E-state index is 13.4. The van der Waals surface area contributed by atoms with Gasteiger partial charge >= 0.3 is 6.18 Å². The highest BCUT2D eigenvalue weighted by Gasteiger charge is 2.39. The number of ether oxygens (including phenoxy) is 3. The van der Waals surface area contributed by atoms with Crippen molar-refractivity contribution in [2.75, 3.05) is 32.1 Å². The van der Waals surface area contributed by atoms with Crippen LogP contribution >= 0.6 is 0 Å². The third kappa shape index (κ3) is 7.11. The number of carbonyl (C=O) groups excluding carboxylic acids is 3. The number of alkyl halides is 3. The van der Waals surface area contributed by atoms with E-state index in [9.17, 15) is 27.6 Å². The first-order valence-corrected chi connectivity index (χ1v) is 13.0. The van der Waals surface area contributed by atoms with E-state index in [-0.39, 0.29) is 54.4 Å². The number of fused-ring (bicyclic) bond motifs is 2. The number of halogens is 3. The van der Waals surface area contributed by atoms with E-state index in [2.05, 4.69) is 10.6 Å². The van der Waals surface area contributed by atoms with Gasteiger partial charge in [0.15, 0.2) is 0 Å². The highest BCUT2D eigenvalue weighted by atomic mass is 19.4. The second-order valence-corrected chi connectivity index (χ2v) is 10.1. The molecule has 0 radical (unpaired) electrons. The fraction of sp³-hybridized carbons (Fsp3) is 0.464. The van der Waals surface area contributed by atoms with Gasteiger partial charge in [-0.15, -0.1) is 0 Å². The molecule has 0 unspecified atom stereocenters. The molecule has 2 aromatic rings. The molecule has 40 heavy (non-hydrogen) atoms. The molecule has 1 fully saturated rings. The first-order valence-electron chi connectivity index (χ1n) is 13.0.